The smallest absolute Gasteiger partial charge is 0.319 e. The van der Waals surface area contributed by atoms with Crippen LogP contribution < -0.4 is 10.6 Å². The SMILES string of the molecule is Cc1cc(C)n(Cc2ccc(NC(=O)N[C@H](C)Cn3nc(C)cc3C)cc2)n1. The number of aromatic nitrogens is 4. The van der Waals surface area contributed by atoms with Gasteiger partial charge in [-0.25, -0.2) is 4.79 Å². The Bertz CT molecular complexity index is 954. The van der Waals surface area contributed by atoms with Crippen molar-refractivity contribution in [3.05, 3.63) is 64.7 Å². The molecule has 3 rings (SSSR count). The summed E-state index contributed by atoms with van der Waals surface area (Å²) in [6.45, 7) is 11.3. The summed E-state index contributed by atoms with van der Waals surface area (Å²) in [5.74, 6) is 0. The molecule has 28 heavy (non-hydrogen) atoms. The van der Waals surface area contributed by atoms with Crippen molar-refractivity contribution >= 4 is 11.7 Å². The molecule has 0 bridgehead atoms. The van der Waals surface area contributed by atoms with Gasteiger partial charge in [0.2, 0.25) is 0 Å². The van der Waals surface area contributed by atoms with Crippen molar-refractivity contribution in [2.24, 2.45) is 0 Å². The molecule has 1 atom stereocenters. The highest BCUT2D eigenvalue weighted by atomic mass is 16.2. The van der Waals surface area contributed by atoms with E-state index in [2.05, 4.69) is 26.9 Å². The van der Waals surface area contributed by atoms with Gasteiger partial charge in [0.1, 0.15) is 0 Å². The van der Waals surface area contributed by atoms with Crippen molar-refractivity contribution < 1.29 is 4.79 Å². The number of hydrogen-bond donors (Lipinski definition) is 2. The van der Waals surface area contributed by atoms with E-state index in [0.29, 0.717) is 13.1 Å². The van der Waals surface area contributed by atoms with Gasteiger partial charge in [-0.15, -0.1) is 0 Å². The number of carbonyl (C=O) groups is 1. The first-order chi connectivity index (χ1) is 13.3. The number of carbonyl (C=O) groups excluding carboxylic acids is 1. The summed E-state index contributed by atoms with van der Waals surface area (Å²) in [6, 6.07) is 11.7. The summed E-state index contributed by atoms with van der Waals surface area (Å²) < 4.78 is 3.89. The number of benzene rings is 1. The molecule has 148 valence electrons. The number of nitrogens with zero attached hydrogens (tertiary/aromatic N) is 4. The molecule has 1 aromatic carbocycles. The van der Waals surface area contributed by atoms with Gasteiger partial charge in [-0.2, -0.15) is 10.2 Å². The van der Waals surface area contributed by atoms with Crippen LogP contribution in [0.5, 0.6) is 0 Å². The first-order valence-electron chi connectivity index (χ1n) is 9.48. The summed E-state index contributed by atoms with van der Waals surface area (Å²) in [6.07, 6.45) is 0. The second kappa shape index (κ2) is 8.29. The van der Waals surface area contributed by atoms with E-state index < -0.39 is 0 Å². The van der Waals surface area contributed by atoms with Gasteiger partial charge in [0.05, 0.1) is 24.5 Å². The van der Waals surface area contributed by atoms with E-state index >= 15 is 0 Å². The number of hydrogen-bond acceptors (Lipinski definition) is 3. The second-order valence-electron chi connectivity index (χ2n) is 7.39. The van der Waals surface area contributed by atoms with Gasteiger partial charge >= 0.3 is 6.03 Å². The predicted octanol–water partition coefficient (Wildman–Crippen LogP) is 3.57. The number of rotatable bonds is 6. The van der Waals surface area contributed by atoms with Crippen molar-refractivity contribution in [2.45, 2.75) is 53.8 Å². The summed E-state index contributed by atoms with van der Waals surface area (Å²) in [7, 11) is 0. The van der Waals surface area contributed by atoms with Gasteiger partial charge in [0.25, 0.3) is 0 Å². The summed E-state index contributed by atoms with van der Waals surface area (Å²) in [4.78, 5) is 12.3. The summed E-state index contributed by atoms with van der Waals surface area (Å²) >= 11 is 0. The molecule has 2 heterocycles. The van der Waals surface area contributed by atoms with Crippen LogP contribution >= 0.6 is 0 Å². The lowest BCUT2D eigenvalue weighted by atomic mass is 10.2. The van der Waals surface area contributed by atoms with Crippen LogP contribution in [0.4, 0.5) is 10.5 Å². The largest absolute Gasteiger partial charge is 0.334 e. The normalized spacial score (nSPS) is 12.0. The minimum Gasteiger partial charge on any atom is -0.334 e. The Labute approximate surface area is 165 Å². The van der Waals surface area contributed by atoms with Crippen LogP contribution in [0.25, 0.3) is 0 Å². The van der Waals surface area contributed by atoms with E-state index in [1.54, 1.807) is 0 Å². The lowest BCUT2D eigenvalue weighted by molar-refractivity contribution is 0.247. The molecular formula is C21H28N6O. The van der Waals surface area contributed by atoms with Crippen LogP contribution in [-0.4, -0.2) is 31.6 Å². The van der Waals surface area contributed by atoms with Crippen molar-refractivity contribution in [3.63, 3.8) is 0 Å². The van der Waals surface area contributed by atoms with E-state index in [9.17, 15) is 4.79 Å². The molecule has 0 aliphatic carbocycles. The Balaban J connectivity index is 1.52. The highest BCUT2D eigenvalue weighted by Crippen LogP contribution is 2.12. The van der Waals surface area contributed by atoms with Gasteiger partial charge in [0.15, 0.2) is 0 Å². The quantitative estimate of drug-likeness (QED) is 0.686. The number of nitrogens with one attached hydrogen (secondary N) is 2. The van der Waals surface area contributed by atoms with Crippen LogP contribution in [0.3, 0.4) is 0 Å². The van der Waals surface area contributed by atoms with Crippen LogP contribution in [0.1, 0.15) is 35.3 Å². The van der Waals surface area contributed by atoms with Gasteiger partial charge in [-0.05, 0) is 64.4 Å². The Morgan fingerprint density at radius 3 is 2.07 bits per heavy atom. The van der Waals surface area contributed by atoms with Crippen molar-refractivity contribution in [2.75, 3.05) is 5.32 Å². The zero-order valence-electron chi connectivity index (χ0n) is 17.2. The zero-order chi connectivity index (χ0) is 20.3. The molecule has 0 saturated carbocycles. The minimum absolute atomic E-state index is 0.0386. The molecule has 0 spiro atoms. The van der Waals surface area contributed by atoms with Crippen LogP contribution in [0.2, 0.25) is 0 Å². The first kappa shape index (κ1) is 19.7. The molecule has 3 aromatic rings. The molecular weight excluding hydrogens is 352 g/mol. The molecule has 0 fully saturated rings. The van der Waals surface area contributed by atoms with Gasteiger partial charge in [-0.1, -0.05) is 12.1 Å². The Kier molecular flexibility index (Phi) is 5.82. The monoisotopic (exact) mass is 380 g/mol. The maximum Gasteiger partial charge on any atom is 0.319 e. The lowest BCUT2D eigenvalue weighted by Gasteiger charge is -2.16. The van der Waals surface area contributed by atoms with Crippen molar-refractivity contribution in [1.82, 2.24) is 24.9 Å². The molecule has 0 radical (unpaired) electrons. The fraction of sp³-hybridized carbons (Fsp3) is 0.381. The van der Waals surface area contributed by atoms with Crippen LogP contribution in [0, 0.1) is 27.7 Å². The molecule has 0 aliphatic rings. The second-order valence-corrected chi connectivity index (χ2v) is 7.39. The number of amides is 2. The Morgan fingerprint density at radius 1 is 0.964 bits per heavy atom. The highest BCUT2D eigenvalue weighted by molar-refractivity contribution is 5.89. The maximum atomic E-state index is 12.3. The number of anilines is 1. The zero-order valence-corrected chi connectivity index (χ0v) is 17.2. The molecule has 0 aliphatic heterocycles. The molecule has 2 aromatic heterocycles. The molecule has 7 nitrogen and oxygen atoms in total. The molecule has 0 saturated heterocycles. The summed E-state index contributed by atoms with van der Waals surface area (Å²) in [5, 5.41) is 14.7. The van der Waals surface area contributed by atoms with E-state index in [1.165, 1.54) is 0 Å². The van der Waals surface area contributed by atoms with Crippen LogP contribution in [0.15, 0.2) is 36.4 Å². The topological polar surface area (TPSA) is 76.8 Å². The number of urea groups is 1. The van der Waals surface area contributed by atoms with Crippen molar-refractivity contribution in [3.8, 4) is 0 Å². The number of aryl methyl sites for hydroxylation is 4. The average Bonchev–Trinajstić information content (AvgIpc) is 3.09. The Hall–Kier alpha value is -3.09. The minimum atomic E-state index is -0.222. The fourth-order valence-corrected chi connectivity index (χ4v) is 3.26. The molecule has 7 heteroatoms. The fourth-order valence-electron chi connectivity index (χ4n) is 3.26. The van der Waals surface area contributed by atoms with E-state index in [4.69, 9.17) is 0 Å². The average molecular weight is 380 g/mol. The molecule has 2 N–H and O–H groups in total. The van der Waals surface area contributed by atoms with E-state index in [1.807, 2.05) is 74.3 Å². The molecule has 0 unspecified atom stereocenters. The first-order valence-corrected chi connectivity index (χ1v) is 9.48. The summed E-state index contributed by atoms with van der Waals surface area (Å²) in [5.41, 5.74) is 6.11. The lowest BCUT2D eigenvalue weighted by Crippen LogP contribution is -2.38. The van der Waals surface area contributed by atoms with Gasteiger partial charge < -0.3 is 10.6 Å². The highest BCUT2D eigenvalue weighted by Gasteiger charge is 2.10. The van der Waals surface area contributed by atoms with Gasteiger partial charge in [0, 0.05) is 23.1 Å². The third-order valence-electron chi connectivity index (χ3n) is 4.58. The third-order valence-corrected chi connectivity index (χ3v) is 4.58. The van der Waals surface area contributed by atoms with Crippen molar-refractivity contribution in [1.29, 1.82) is 0 Å². The van der Waals surface area contributed by atoms with Crippen LogP contribution in [-0.2, 0) is 13.1 Å². The van der Waals surface area contributed by atoms with Gasteiger partial charge in [-0.3, -0.25) is 9.36 Å². The standard InChI is InChI=1S/C21H28N6O/c1-14-10-17(4)26(24-14)12-16(3)22-21(28)23-20-8-6-19(7-9-20)13-27-18(5)11-15(2)25-27/h6-11,16H,12-13H2,1-5H3,(H2,22,23,28)/t16-/m1/s1. The van der Waals surface area contributed by atoms with E-state index in [-0.39, 0.29) is 12.1 Å². The predicted molar refractivity (Wildman–Crippen MR) is 111 cm³/mol. The molecule has 2 amide bonds. The third kappa shape index (κ3) is 5.00. The Morgan fingerprint density at radius 2 is 1.54 bits per heavy atom. The van der Waals surface area contributed by atoms with E-state index in [0.717, 1.165) is 34.0 Å². The maximum absolute atomic E-state index is 12.3.